The van der Waals surface area contributed by atoms with Crippen molar-refractivity contribution in [2.24, 2.45) is 0 Å². The van der Waals surface area contributed by atoms with Crippen molar-refractivity contribution in [3.63, 3.8) is 0 Å². The topological polar surface area (TPSA) is 47.3 Å². The zero-order chi connectivity index (χ0) is 15.3. The van der Waals surface area contributed by atoms with Crippen LogP contribution in [0.15, 0.2) is 6.20 Å². The van der Waals surface area contributed by atoms with Crippen molar-refractivity contribution in [2.75, 3.05) is 6.61 Å². The second-order valence-electron chi connectivity index (χ2n) is 5.92. The Morgan fingerprint density at radius 3 is 2.57 bits per heavy atom. The molecule has 1 heterocycles. The highest BCUT2D eigenvalue weighted by Crippen LogP contribution is 2.42. The molecule has 1 fully saturated rings. The number of hydrogen-bond donors (Lipinski definition) is 1. The van der Waals surface area contributed by atoms with E-state index in [0.29, 0.717) is 17.3 Å². The summed E-state index contributed by atoms with van der Waals surface area (Å²) in [7, 11) is 0. The lowest BCUT2D eigenvalue weighted by Crippen LogP contribution is -2.40. The zero-order valence-corrected chi connectivity index (χ0v) is 13.9. The Kier molecular flexibility index (Phi) is 6.08. The van der Waals surface area contributed by atoms with Crippen LogP contribution in [0.25, 0.3) is 0 Å². The molecule has 120 valence electrons. The fourth-order valence-corrected chi connectivity index (χ4v) is 3.64. The van der Waals surface area contributed by atoms with Crippen molar-refractivity contribution in [1.82, 2.24) is 9.78 Å². The van der Waals surface area contributed by atoms with Crippen LogP contribution >= 0.6 is 11.6 Å². The first-order valence-corrected chi connectivity index (χ1v) is 8.55. The molecule has 0 bridgehead atoms. The number of halogens is 1. The molecule has 0 radical (unpaired) electrons. The molecule has 1 N–H and O–H groups in total. The van der Waals surface area contributed by atoms with Gasteiger partial charge in [0, 0.05) is 13.2 Å². The maximum absolute atomic E-state index is 11.1. The number of aryl methyl sites for hydroxylation is 1. The fourth-order valence-electron chi connectivity index (χ4n) is 3.39. The van der Waals surface area contributed by atoms with Crippen molar-refractivity contribution >= 4 is 11.6 Å². The summed E-state index contributed by atoms with van der Waals surface area (Å²) in [6.45, 7) is 5.46. The Morgan fingerprint density at radius 2 is 2.00 bits per heavy atom. The molecule has 0 aliphatic heterocycles. The van der Waals surface area contributed by atoms with Gasteiger partial charge in [0.15, 0.2) is 0 Å². The summed E-state index contributed by atoms with van der Waals surface area (Å²) in [5, 5.41) is 15.9. The summed E-state index contributed by atoms with van der Waals surface area (Å²) in [6.07, 6.45) is 8.26. The van der Waals surface area contributed by atoms with Crippen LogP contribution in [0, 0.1) is 0 Å². The molecule has 1 atom stereocenters. The van der Waals surface area contributed by atoms with Gasteiger partial charge in [-0.25, -0.2) is 0 Å². The largest absolute Gasteiger partial charge is 0.384 e. The monoisotopic (exact) mass is 314 g/mol. The molecule has 4 nitrogen and oxygen atoms in total. The van der Waals surface area contributed by atoms with Gasteiger partial charge in [0.25, 0.3) is 0 Å². The van der Waals surface area contributed by atoms with E-state index in [1.807, 2.05) is 11.6 Å². The Hall–Kier alpha value is -0.580. The molecular weight excluding hydrogens is 288 g/mol. The van der Waals surface area contributed by atoms with Crippen molar-refractivity contribution < 1.29 is 9.84 Å². The van der Waals surface area contributed by atoms with Gasteiger partial charge in [-0.15, -0.1) is 0 Å². The molecule has 1 aromatic rings. The first-order valence-electron chi connectivity index (χ1n) is 8.18. The summed E-state index contributed by atoms with van der Waals surface area (Å²) in [4.78, 5) is 0. The molecule has 0 spiro atoms. The van der Waals surface area contributed by atoms with E-state index < -0.39 is 11.7 Å². The average Bonchev–Trinajstić information content (AvgIpc) is 2.69. The Labute approximate surface area is 132 Å². The van der Waals surface area contributed by atoms with Gasteiger partial charge in [0.2, 0.25) is 0 Å². The third kappa shape index (κ3) is 3.61. The van der Waals surface area contributed by atoms with Gasteiger partial charge in [0.1, 0.15) is 6.10 Å². The van der Waals surface area contributed by atoms with E-state index >= 15 is 0 Å². The van der Waals surface area contributed by atoms with Crippen molar-refractivity contribution in [2.45, 2.75) is 77.0 Å². The molecule has 1 aliphatic carbocycles. The van der Waals surface area contributed by atoms with Gasteiger partial charge in [-0.1, -0.05) is 44.2 Å². The zero-order valence-electron chi connectivity index (χ0n) is 13.1. The molecule has 1 aliphatic rings. The van der Waals surface area contributed by atoms with Gasteiger partial charge in [-0.2, -0.15) is 5.10 Å². The van der Waals surface area contributed by atoms with Gasteiger partial charge in [-0.3, -0.25) is 4.68 Å². The highest BCUT2D eigenvalue weighted by atomic mass is 35.5. The average molecular weight is 315 g/mol. The van der Waals surface area contributed by atoms with Crippen molar-refractivity contribution in [3.8, 4) is 0 Å². The first kappa shape index (κ1) is 16.8. The number of nitrogens with zero attached hydrogens (tertiary/aromatic N) is 2. The Morgan fingerprint density at radius 1 is 1.33 bits per heavy atom. The lowest BCUT2D eigenvalue weighted by atomic mass is 9.86. The quantitative estimate of drug-likeness (QED) is 0.804. The minimum atomic E-state index is -0.711. The third-order valence-electron chi connectivity index (χ3n) is 4.41. The number of hydrogen-bond acceptors (Lipinski definition) is 3. The molecule has 1 saturated carbocycles. The van der Waals surface area contributed by atoms with Crippen molar-refractivity contribution in [3.05, 3.63) is 16.9 Å². The summed E-state index contributed by atoms with van der Waals surface area (Å²) >= 11 is 6.30. The lowest BCUT2D eigenvalue weighted by Gasteiger charge is -2.37. The number of ether oxygens (including phenoxy) is 1. The van der Waals surface area contributed by atoms with Crippen molar-refractivity contribution in [1.29, 1.82) is 0 Å². The van der Waals surface area contributed by atoms with E-state index in [4.69, 9.17) is 16.3 Å². The number of aromatic nitrogens is 2. The first-order chi connectivity index (χ1) is 10.1. The van der Waals surface area contributed by atoms with Gasteiger partial charge in [-0.05, 0) is 26.2 Å². The number of aliphatic hydroxyl groups is 1. The number of rotatable bonds is 6. The SMILES string of the molecule is CCCn1ncc(Cl)c1C(O)C1(OCC)CCCCCC1. The standard InChI is InChI=1S/C16H27ClN2O2/c1-3-11-19-14(13(17)12-18-19)15(20)16(21-4-2)9-7-5-6-8-10-16/h12,15,20H,3-11H2,1-2H3. The predicted molar refractivity (Wildman–Crippen MR) is 84.5 cm³/mol. The van der Waals surface area contributed by atoms with E-state index in [1.165, 1.54) is 12.8 Å². The molecule has 5 heteroatoms. The summed E-state index contributed by atoms with van der Waals surface area (Å²) in [5.41, 5.74) is 0.203. The van der Waals surface area contributed by atoms with Crippen LogP contribution in [0.1, 0.15) is 70.6 Å². The van der Waals surface area contributed by atoms with Crippen LogP contribution < -0.4 is 0 Å². The Balaban J connectivity index is 2.33. The molecule has 1 unspecified atom stereocenters. The molecule has 0 aromatic carbocycles. The fraction of sp³-hybridized carbons (Fsp3) is 0.812. The highest BCUT2D eigenvalue weighted by molar-refractivity contribution is 6.31. The molecular formula is C16H27ClN2O2. The maximum Gasteiger partial charge on any atom is 0.126 e. The van der Waals surface area contributed by atoms with E-state index in [0.717, 1.165) is 38.6 Å². The highest BCUT2D eigenvalue weighted by Gasteiger charge is 2.42. The normalized spacial score (nSPS) is 20.2. The molecule has 0 amide bonds. The molecule has 21 heavy (non-hydrogen) atoms. The van der Waals surface area contributed by atoms with E-state index in [-0.39, 0.29) is 0 Å². The van der Waals surface area contributed by atoms with Gasteiger partial charge >= 0.3 is 0 Å². The van der Waals surface area contributed by atoms with E-state index in [1.54, 1.807) is 6.20 Å². The number of aliphatic hydroxyl groups excluding tert-OH is 1. The lowest BCUT2D eigenvalue weighted by molar-refractivity contribution is -0.134. The summed E-state index contributed by atoms with van der Waals surface area (Å²) < 4.78 is 7.91. The van der Waals surface area contributed by atoms with Crippen LogP contribution in [0.2, 0.25) is 5.02 Å². The van der Waals surface area contributed by atoms with E-state index in [9.17, 15) is 5.11 Å². The van der Waals surface area contributed by atoms with Crippen LogP contribution in [0.5, 0.6) is 0 Å². The van der Waals surface area contributed by atoms with Gasteiger partial charge < -0.3 is 9.84 Å². The van der Waals surface area contributed by atoms with Crippen LogP contribution in [-0.2, 0) is 11.3 Å². The Bertz CT molecular complexity index is 439. The minimum absolute atomic E-state index is 0.513. The minimum Gasteiger partial charge on any atom is -0.384 e. The predicted octanol–water partition coefficient (Wildman–Crippen LogP) is 4.11. The molecule has 2 rings (SSSR count). The maximum atomic E-state index is 11.1. The summed E-state index contributed by atoms with van der Waals surface area (Å²) in [6, 6.07) is 0. The van der Waals surface area contributed by atoms with Crippen LogP contribution in [-0.4, -0.2) is 27.1 Å². The summed E-state index contributed by atoms with van der Waals surface area (Å²) in [5.74, 6) is 0. The second kappa shape index (κ2) is 7.61. The van der Waals surface area contributed by atoms with Crippen LogP contribution in [0.3, 0.4) is 0 Å². The third-order valence-corrected chi connectivity index (χ3v) is 4.70. The molecule has 0 saturated heterocycles. The van der Waals surface area contributed by atoms with E-state index in [2.05, 4.69) is 12.0 Å². The molecule has 1 aromatic heterocycles. The second-order valence-corrected chi connectivity index (χ2v) is 6.32. The van der Waals surface area contributed by atoms with Gasteiger partial charge in [0.05, 0.1) is 22.5 Å². The smallest absolute Gasteiger partial charge is 0.126 e. The van der Waals surface area contributed by atoms with Crippen LogP contribution in [0.4, 0.5) is 0 Å².